The van der Waals surface area contributed by atoms with Gasteiger partial charge in [0, 0.05) is 30.8 Å². The Morgan fingerprint density at radius 3 is 2.73 bits per heavy atom. The number of hydrogen-bond donors (Lipinski definition) is 2. The Labute approximate surface area is 156 Å². The molecule has 0 aromatic heterocycles. The van der Waals surface area contributed by atoms with Gasteiger partial charge in [-0.05, 0) is 45.0 Å². The van der Waals surface area contributed by atoms with E-state index in [4.69, 9.17) is 15.2 Å². The maximum Gasteiger partial charge on any atom is 0.193 e. The van der Waals surface area contributed by atoms with E-state index in [0.717, 1.165) is 49.2 Å². The lowest BCUT2D eigenvalue weighted by Gasteiger charge is -2.30. The number of nitrogens with two attached hydrogens (primary N) is 1. The van der Waals surface area contributed by atoms with Crippen molar-refractivity contribution >= 4 is 11.6 Å². The largest absolute Gasteiger partial charge is 0.490 e. The fourth-order valence-corrected chi connectivity index (χ4v) is 3.65. The highest BCUT2D eigenvalue weighted by Gasteiger charge is 2.17. The first-order valence-electron chi connectivity index (χ1n) is 9.89. The van der Waals surface area contributed by atoms with Crippen molar-refractivity contribution in [3.05, 3.63) is 18.2 Å². The van der Waals surface area contributed by atoms with E-state index in [1.54, 1.807) is 0 Å². The fraction of sp³-hybridized carbons (Fsp3) is 0.650. The quantitative estimate of drug-likeness (QED) is 0.463. The molecule has 0 spiro atoms. The summed E-state index contributed by atoms with van der Waals surface area (Å²) >= 11 is 0. The zero-order valence-corrected chi connectivity index (χ0v) is 15.9. The molecule has 1 aromatic carbocycles. The predicted octanol–water partition coefficient (Wildman–Crippen LogP) is 3.23. The number of fused-ring (bicyclic) bond motifs is 1. The zero-order valence-electron chi connectivity index (χ0n) is 15.9. The summed E-state index contributed by atoms with van der Waals surface area (Å²) in [6.07, 6.45) is 8.75. The molecule has 0 atom stereocenters. The molecule has 3 N–H and O–H groups in total. The molecule has 6 heteroatoms. The first-order chi connectivity index (χ1) is 12.7. The summed E-state index contributed by atoms with van der Waals surface area (Å²) in [6, 6.07) is 6.52. The maximum absolute atomic E-state index is 6.03. The summed E-state index contributed by atoms with van der Waals surface area (Å²) in [5, 5.41) is 3.14. The van der Waals surface area contributed by atoms with Crippen LogP contribution >= 0.6 is 0 Å². The first-order valence-corrected chi connectivity index (χ1v) is 9.89. The zero-order chi connectivity index (χ0) is 18.2. The Bertz CT molecular complexity index is 599. The molecule has 0 amide bonds. The molecule has 1 heterocycles. The Morgan fingerprint density at radius 2 is 1.92 bits per heavy atom. The van der Waals surface area contributed by atoms with E-state index in [1.165, 1.54) is 32.1 Å². The number of rotatable bonds is 6. The molecular weight excluding hydrogens is 328 g/mol. The van der Waals surface area contributed by atoms with Crippen LogP contribution in [0.4, 0.5) is 5.69 Å². The van der Waals surface area contributed by atoms with Crippen molar-refractivity contribution in [1.29, 1.82) is 0 Å². The van der Waals surface area contributed by atoms with Crippen LogP contribution in [0, 0.1) is 0 Å². The normalized spacial score (nSPS) is 18.6. The van der Waals surface area contributed by atoms with Gasteiger partial charge in [0.15, 0.2) is 17.5 Å². The maximum atomic E-state index is 6.03. The minimum atomic E-state index is 0.444. The van der Waals surface area contributed by atoms with Gasteiger partial charge < -0.3 is 25.4 Å². The van der Waals surface area contributed by atoms with Crippen LogP contribution in [0.25, 0.3) is 0 Å². The van der Waals surface area contributed by atoms with Gasteiger partial charge in [0.25, 0.3) is 0 Å². The lowest BCUT2D eigenvalue weighted by Crippen LogP contribution is -2.34. The van der Waals surface area contributed by atoms with Gasteiger partial charge in [-0.25, -0.2) is 0 Å². The smallest absolute Gasteiger partial charge is 0.193 e. The van der Waals surface area contributed by atoms with Crippen molar-refractivity contribution in [2.24, 2.45) is 10.7 Å². The van der Waals surface area contributed by atoms with Crippen molar-refractivity contribution in [2.75, 3.05) is 38.7 Å². The molecule has 1 aliphatic carbocycles. The lowest BCUT2D eigenvalue weighted by molar-refractivity contribution is 0.191. The second-order valence-electron chi connectivity index (χ2n) is 7.23. The Balaban J connectivity index is 1.42. The highest BCUT2D eigenvalue weighted by atomic mass is 16.5. The molecule has 26 heavy (non-hydrogen) atoms. The number of nitrogens with zero attached hydrogens (tertiary/aromatic N) is 2. The van der Waals surface area contributed by atoms with Crippen LogP contribution in [0.1, 0.15) is 44.9 Å². The van der Waals surface area contributed by atoms with E-state index in [1.807, 2.05) is 18.2 Å². The van der Waals surface area contributed by atoms with Crippen LogP contribution < -0.4 is 20.5 Å². The lowest BCUT2D eigenvalue weighted by atomic mass is 9.94. The summed E-state index contributed by atoms with van der Waals surface area (Å²) < 4.78 is 11.3. The Morgan fingerprint density at radius 1 is 1.15 bits per heavy atom. The molecule has 0 bridgehead atoms. The number of aliphatic imine (C=N–C) groups is 1. The third-order valence-electron chi connectivity index (χ3n) is 5.17. The molecule has 2 aliphatic rings. The van der Waals surface area contributed by atoms with E-state index < -0.39 is 0 Å². The summed E-state index contributed by atoms with van der Waals surface area (Å²) in [7, 11) is 2.24. The molecule has 1 saturated carbocycles. The SMILES string of the molecule is CN(CCCN=C(N)Nc1ccc2c(c1)OCCCO2)C1CCCCC1. The van der Waals surface area contributed by atoms with Crippen LogP contribution in [0.15, 0.2) is 23.2 Å². The summed E-state index contributed by atoms with van der Waals surface area (Å²) in [5.74, 6) is 1.99. The van der Waals surface area contributed by atoms with Crippen molar-refractivity contribution in [2.45, 2.75) is 51.0 Å². The van der Waals surface area contributed by atoms with Gasteiger partial charge in [0.05, 0.1) is 13.2 Å². The minimum absolute atomic E-state index is 0.444. The molecule has 144 valence electrons. The number of ether oxygens (including phenoxy) is 2. The van der Waals surface area contributed by atoms with Gasteiger partial charge in [-0.3, -0.25) is 4.99 Å². The van der Waals surface area contributed by atoms with Gasteiger partial charge in [0.1, 0.15) is 0 Å². The molecule has 0 unspecified atom stereocenters. The van der Waals surface area contributed by atoms with Crippen LogP contribution in [0.3, 0.4) is 0 Å². The highest BCUT2D eigenvalue weighted by Crippen LogP contribution is 2.32. The summed E-state index contributed by atoms with van der Waals surface area (Å²) in [4.78, 5) is 6.94. The average molecular weight is 361 g/mol. The van der Waals surface area contributed by atoms with E-state index in [0.29, 0.717) is 19.2 Å². The van der Waals surface area contributed by atoms with Gasteiger partial charge >= 0.3 is 0 Å². The highest BCUT2D eigenvalue weighted by molar-refractivity contribution is 5.92. The van der Waals surface area contributed by atoms with Gasteiger partial charge in [-0.2, -0.15) is 0 Å². The van der Waals surface area contributed by atoms with Gasteiger partial charge in [-0.1, -0.05) is 19.3 Å². The number of nitrogens with one attached hydrogen (secondary N) is 1. The molecule has 1 fully saturated rings. The Hall–Kier alpha value is -1.95. The fourth-order valence-electron chi connectivity index (χ4n) is 3.65. The van der Waals surface area contributed by atoms with E-state index in [-0.39, 0.29) is 0 Å². The molecule has 1 aliphatic heterocycles. The van der Waals surface area contributed by atoms with Crippen LogP contribution in [-0.2, 0) is 0 Å². The molecule has 0 saturated heterocycles. The third kappa shape index (κ3) is 5.53. The molecule has 0 radical (unpaired) electrons. The molecule has 1 aromatic rings. The second-order valence-corrected chi connectivity index (χ2v) is 7.23. The van der Waals surface area contributed by atoms with Crippen LogP contribution in [0.2, 0.25) is 0 Å². The molecular formula is C20H32N4O2. The summed E-state index contributed by atoms with van der Waals surface area (Å²) in [6.45, 7) is 3.18. The van der Waals surface area contributed by atoms with E-state index in [9.17, 15) is 0 Å². The summed E-state index contributed by atoms with van der Waals surface area (Å²) in [5.41, 5.74) is 6.90. The van der Waals surface area contributed by atoms with Crippen molar-refractivity contribution < 1.29 is 9.47 Å². The topological polar surface area (TPSA) is 72.1 Å². The van der Waals surface area contributed by atoms with Crippen molar-refractivity contribution in [1.82, 2.24) is 4.90 Å². The molecule has 6 nitrogen and oxygen atoms in total. The number of benzene rings is 1. The van der Waals surface area contributed by atoms with Gasteiger partial charge in [-0.15, -0.1) is 0 Å². The Kier molecular flexibility index (Phi) is 7.00. The minimum Gasteiger partial charge on any atom is -0.490 e. The molecule has 3 rings (SSSR count). The third-order valence-corrected chi connectivity index (χ3v) is 5.17. The number of anilines is 1. The van der Waals surface area contributed by atoms with Gasteiger partial charge in [0.2, 0.25) is 0 Å². The first kappa shape index (κ1) is 18.8. The van der Waals surface area contributed by atoms with Crippen LogP contribution in [0.5, 0.6) is 11.5 Å². The standard InChI is InChI=1S/C20H32N4O2/c1-24(17-7-3-2-4-8-17)12-5-11-22-20(21)23-16-9-10-18-19(15-16)26-14-6-13-25-18/h9-10,15,17H,2-8,11-14H2,1H3,(H3,21,22,23). The van der Waals surface area contributed by atoms with Crippen molar-refractivity contribution in [3.63, 3.8) is 0 Å². The average Bonchev–Trinajstić information content (AvgIpc) is 2.91. The number of guanidine groups is 1. The van der Waals surface area contributed by atoms with Crippen LogP contribution in [-0.4, -0.2) is 50.3 Å². The predicted molar refractivity (Wildman–Crippen MR) is 106 cm³/mol. The second kappa shape index (κ2) is 9.67. The number of hydrogen-bond acceptors (Lipinski definition) is 4. The van der Waals surface area contributed by atoms with E-state index >= 15 is 0 Å². The van der Waals surface area contributed by atoms with Crippen molar-refractivity contribution in [3.8, 4) is 11.5 Å². The van der Waals surface area contributed by atoms with E-state index in [2.05, 4.69) is 22.3 Å². The monoisotopic (exact) mass is 360 g/mol.